The van der Waals surface area contributed by atoms with Crippen molar-refractivity contribution in [1.29, 1.82) is 5.26 Å². The number of rotatable bonds is 4. The minimum Gasteiger partial charge on any atom is -0.306 e. The first-order valence-electron chi connectivity index (χ1n) is 8.02. The fourth-order valence-electron chi connectivity index (χ4n) is 2.90. The summed E-state index contributed by atoms with van der Waals surface area (Å²) in [6.07, 6.45) is 1.97. The van der Waals surface area contributed by atoms with Crippen LogP contribution in [0.4, 0.5) is 0 Å². The Labute approximate surface area is 156 Å². The second kappa shape index (κ2) is 7.38. The number of carbonyl (C=O) groups is 1. The van der Waals surface area contributed by atoms with E-state index < -0.39 is 0 Å². The summed E-state index contributed by atoms with van der Waals surface area (Å²) >= 11 is 2.83. The molecule has 0 fully saturated rings. The van der Waals surface area contributed by atoms with E-state index >= 15 is 0 Å². The van der Waals surface area contributed by atoms with Gasteiger partial charge in [0, 0.05) is 11.8 Å². The Balaban J connectivity index is 2.21. The maximum Gasteiger partial charge on any atom is 0.224 e. The van der Waals surface area contributed by atoms with Crippen LogP contribution in [0.3, 0.4) is 0 Å². The highest BCUT2D eigenvalue weighted by molar-refractivity contribution is 8.14. The number of nitriles is 1. The van der Waals surface area contributed by atoms with Crippen molar-refractivity contribution >= 4 is 34.2 Å². The SMILES string of the molecule is CCSc1c(SC(=O)c2ccccc2)c2c(C)cc(C)cn2c1C#N. The zero-order chi connectivity index (χ0) is 18.0. The molecule has 0 bridgehead atoms. The van der Waals surface area contributed by atoms with E-state index in [0.29, 0.717) is 11.3 Å². The molecule has 3 nitrogen and oxygen atoms in total. The van der Waals surface area contributed by atoms with E-state index in [2.05, 4.69) is 19.1 Å². The largest absolute Gasteiger partial charge is 0.306 e. The molecule has 0 aliphatic heterocycles. The molecule has 0 unspecified atom stereocenters. The first-order chi connectivity index (χ1) is 12.1. The number of aryl methyl sites for hydroxylation is 2. The van der Waals surface area contributed by atoms with Gasteiger partial charge in [-0.2, -0.15) is 5.26 Å². The molecule has 3 aromatic rings. The lowest BCUT2D eigenvalue weighted by atomic mass is 10.2. The third kappa shape index (κ3) is 3.33. The lowest BCUT2D eigenvalue weighted by Gasteiger charge is -2.06. The molecule has 0 saturated carbocycles. The average Bonchev–Trinajstić information content (AvgIpc) is 2.88. The van der Waals surface area contributed by atoms with Crippen LogP contribution in [-0.4, -0.2) is 15.3 Å². The Kier molecular flexibility index (Phi) is 5.22. The van der Waals surface area contributed by atoms with E-state index in [1.54, 1.807) is 11.8 Å². The van der Waals surface area contributed by atoms with Crippen molar-refractivity contribution in [2.45, 2.75) is 30.6 Å². The molecule has 2 heterocycles. The van der Waals surface area contributed by atoms with Crippen LogP contribution in [0.2, 0.25) is 0 Å². The van der Waals surface area contributed by atoms with Crippen LogP contribution in [0.25, 0.3) is 5.52 Å². The van der Waals surface area contributed by atoms with Crippen LogP contribution in [0, 0.1) is 25.2 Å². The number of aromatic nitrogens is 1. The molecule has 0 aliphatic carbocycles. The number of thioether (sulfide) groups is 2. The summed E-state index contributed by atoms with van der Waals surface area (Å²) in [4.78, 5) is 14.5. The Bertz CT molecular complexity index is 985. The summed E-state index contributed by atoms with van der Waals surface area (Å²) in [5.74, 6) is 0.844. The Morgan fingerprint density at radius 2 is 1.92 bits per heavy atom. The Morgan fingerprint density at radius 3 is 2.56 bits per heavy atom. The third-order valence-electron chi connectivity index (χ3n) is 3.87. The fourth-order valence-corrected chi connectivity index (χ4v) is 4.98. The van der Waals surface area contributed by atoms with Gasteiger partial charge in [-0.1, -0.05) is 43.3 Å². The van der Waals surface area contributed by atoms with Crippen LogP contribution in [0.15, 0.2) is 52.4 Å². The predicted molar refractivity (Wildman–Crippen MR) is 105 cm³/mol. The lowest BCUT2D eigenvalue weighted by molar-refractivity contribution is 0.108. The van der Waals surface area contributed by atoms with Crippen molar-refractivity contribution in [3.63, 3.8) is 0 Å². The number of benzene rings is 1. The summed E-state index contributed by atoms with van der Waals surface area (Å²) in [6, 6.07) is 13.7. The highest BCUT2D eigenvalue weighted by Crippen LogP contribution is 2.41. The first kappa shape index (κ1) is 17.7. The number of fused-ring (bicyclic) bond motifs is 1. The summed E-state index contributed by atoms with van der Waals surface area (Å²) in [6.45, 7) is 6.10. The van der Waals surface area contributed by atoms with Crippen molar-refractivity contribution in [1.82, 2.24) is 4.40 Å². The second-order valence-corrected chi connectivity index (χ2v) is 7.98. The molecule has 0 atom stereocenters. The molecule has 2 aromatic heterocycles. The van der Waals surface area contributed by atoms with Gasteiger partial charge < -0.3 is 4.40 Å². The summed E-state index contributed by atoms with van der Waals surface area (Å²) < 4.78 is 1.93. The number of hydrogen-bond donors (Lipinski definition) is 0. The fraction of sp³-hybridized carbons (Fsp3) is 0.200. The van der Waals surface area contributed by atoms with Crippen LogP contribution < -0.4 is 0 Å². The molecular formula is C20H18N2OS2. The molecule has 0 radical (unpaired) electrons. The summed E-state index contributed by atoms with van der Waals surface area (Å²) in [5.41, 5.74) is 4.39. The number of pyridine rings is 1. The van der Waals surface area contributed by atoms with Crippen LogP contribution >= 0.6 is 23.5 Å². The van der Waals surface area contributed by atoms with Gasteiger partial charge in [0.05, 0.1) is 15.3 Å². The highest BCUT2D eigenvalue weighted by atomic mass is 32.2. The Morgan fingerprint density at radius 1 is 1.20 bits per heavy atom. The van der Waals surface area contributed by atoms with Crippen molar-refractivity contribution in [3.05, 3.63) is 65.0 Å². The van der Waals surface area contributed by atoms with Crippen LogP contribution in [0.5, 0.6) is 0 Å². The van der Waals surface area contributed by atoms with Gasteiger partial charge in [0.15, 0.2) is 0 Å². The summed E-state index contributed by atoms with van der Waals surface area (Å²) in [5, 5.41) is 9.71. The number of hydrogen-bond acceptors (Lipinski definition) is 4. The van der Waals surface area contributed by atoms with E-state index in [1.807, 2.05) is 54.8 Å². The van der Waals surface area contributed by atoms with Crippen LogP contribution in [-0.2, 0) is 0 Å². The van der Waals surface area contributed by atoms with Crippen LogP contribution in [0.1, 0.15) is 34.1 Å². The topological polar surface area (TPSA) is 45.3 Å². The van der Waals surface area contributed by atoms with Crippen molar-refractivity contribution in [2.75, 3.05) is 5.75 Å². The molecule has 0 saturated heterocycles. The molecule has 0 spiro atoms. The van der Waals surface area contributed by atoms with Gasteiger partial charge in [0.2, 0.25) is 5.12 Å². The maximum atomic E-state index is 12.8. The van der Waals surface area contributed by atoms with E-state index in [0.717, 1.165) is 32.2 Å². The standard InChI is InChI=1S/C20H18N2OS2/c1-4-24-18-16(11-21)22-12-13(2)10-14(3)17(22)19(18)25-20(23)15-8-6-5-7-9-15/h5-10,12H,4H2,1-3H3. The minimum atomic E-state index is -0.00415. The van der Waals surface area contributed by atoms with Gasteiger partial charge in [-0.3, -0.25) is 4.79 Å². The average molecular weight is 367 g/mol. The molecule has 3 rings (SSSR count). The van der Waals surface area contributed by atoms with Crippen molar-refractivity contribution in [3.8, 4) is 6.07 Å². The van der Waals surface area contributed by atoms with E-state index in [-0.39, 0.29) is 5.12 Å². The smallest absolute Gasteiger partial charge is 0.224 e. The second-order valence-electron chi connectivity index (χ2n) is 5.73. The van der Waals surface area contributed by atoms with E-state index in [9.17, 15) is 10.1 Å². The quantitative estimate of drug-likeness (QED) is 0.574. The monoisotopic (exact) mass is 366 g/mol. The summed E-state index contributed by atoms with van der Waals surface area (Å²) in [7, 11) is 0. The predicted octanol–water partition coefficient (Wildman–Crippen LogP) is 5.47. The van der Waals surface area contributed by atoms with Gasteiger partial charge in [0.1, 0.15) is 11.8 Å². The highest BCUT2D eigenvalue weighted by Gasteiger charge is 2.23. The third-order valence-corrected chi connectivity index (χ3v) is 5.99. The molecule has 0 N–H and O–H groups in total. The van der Waals surface area contributed by atoms with E-state index in [4.69, 9.17) is 0 Å². The lowest BCUT2D eigenvalue weighted by Crippen LogP contribution is -1.94. The van der Waals surface area contributed by atoms with Gasteiger partial charge in [0.25, 0.3) is 0 Å². The normalized spacial score (nSPS) is 10.8. The van der Waals surface area contributed by atoms with Gasteiger partial charge in [-0.15, -0.1) is 11.8 Å². The molecule has 1 aromatic carbocycles. The zero-order valence-electron chi connectivity index (χ0n) is 14.4. The van der Waals surface area contributed by atoms with E-state index in [1.165, 1.54) is 11.8 Å². The number of carbonyl (C=O) groups excluding carboxylic acids is 1. The molecule has 25 heavy (non-hydrogen) atoms. The van der Waals surface area contributed by atoms with Gasteiger partial charge in [-0.25, -0.2) is 0 Å². The number of nitrogens with zero attached hydrogens (tertiary/aromatic N) is 2. The molecule has 0 aliphatic rings. The zero-order valence-corrected chi connectivity index (χ0v) is 16.0. The molecule has 0 amide bonds. The Hall–Kier alpha value is -2.16. The van der Waals surface area contributed by atoms with Gasteiger partial charge >= 0.3 is 0 Å². The molecule has 5 heteroatoms. The van der Waals surface area contributed by atoms with Gasteiger partial charge in [-0.05, 0) is 42.5 Å². The minimum absolute atomic E-state index is 0.00415. The molecule has 126 valence electrons. The molecular weight excluding hydrogens is 348 g/mol. The maximum absolute atomic E-state index is 12.8. The van der Waals surface area contributed by atoms with Crippen molar-refractivity contribution in [2.24, 2.45) is 0 Å². The first-order valence-corrected chi connectivity index (χ1v) is 9.82. The van der Waals surface area contributed by atoms with Crippen molar-refractivity contribution < 1.29 is 4.79 Å².